The lowest BCUT2D eigenvalue weighted by Gasteiger charge is -2.20. The number of likely N-dealkylation sites (N-methyl/N-ethyl adjacent to an activating group) is 1. The second-order valence-corrected chi connectivity index (χ2v) is 6.01. The topological polar surface area (TPSA) is 72.4 Å². The lowest BCUT2D eigenvalue weighted by Crippen LogP contribution is -2.23. The summed E-state index contributed by atoms with van der Waals surface area (Å²) in [6.07, 6.45) is 2.35. The molecule has 7 nitrogen and oxygen atoms in total. The third-order valence-corrected chi connectivity index (χ3v) is 4.11. The van der Waals surface area contributed by atoms with E-state index >= 15 is 0 Å². The van der Waals surface area contributed by atoms with Crippen molar-refractivity contribution in [3.8, 4) is 11.3 Å². The molecule has 4 rings (SSSR count). The van der Waals surface area contributed by atoms with Crippen molar-refractivity contribution >= 4 is 11.5 Å². The van der Waals surface area contributed by atoms with Crippen LogP contribution in [-0.2, 0) is 6.42 Å². The predicted molar refractivity (Wildman–Crippen MR) is 94.4 cm³/mol. The summed E-state index contributed by atoms with van der Waals surface area (Å²) in [5, 5.41) is 8.27. The third kappa shape index (κ3) is 3.13. The Labute approximate surface area is 149 Å². The Balaban J connectivity index is 1.66. The number of fused-ring (bicyclic) bond motifs is 1. The molecule has 0 unspecified atom stereocenters. The minimum atomic E-state index is -0.271. The minimum absolute atomic E-state index is 0.271. The molecule has 0 aliphatic heterocycles. The van der Waals surface area contributed by atoms with Crippen molar-refractivity contribution in [2.24, 2.45) is 0 Å². The van der Waals surface area contributed by atoms with Crippen LogP contribution in [0.2, 0.25) is 0 Å². The predicted octanol–water partition coefficient (Wildman–Crippen LogP) is 2.91. The molecule has 0 N–H and O–H groups in total. The van der Waals surface area contributed by atoms with Gasteiger partial charge < -0.3 is 9.42 Å². The van der Waals surface area contributed by atoms with Crippen LogP contribution in [-0.4, -0.2) is 38.3 Å². The third-order valence-electron chi connectivity index (χ3n) is 4.11. The van der Waals surface area contributed by atoms with Gasteiger partial charge in [0.15, 0.2) is 11.5 Å². The van der Waals surface area contributed by atoms with Crippen molar-refractivity contribution in [2.75, 3.05) is 18.5 Å². The van der Waals surface area contributed by atoms with Gasteiger partial charge in [-0.25, -0.2) is 9.37 Å². The number of aromatic nitrogens is 5. The number of benzene rings is 1. The summed E-state index contributed by atoms with van der Waals surface area (Å²) in [5.41, 5.74) is 2.33. The summed E-state index contributed by atoms with van der Waals surface area (Å²) < 4.78 is 20.0. The first-order valence-corrected chi connectivity index (χ1v) is 8.21. The number of anilines is 1. The molecule has 8 heteroatoms. The average molecular weight is 352 g/mol. The van der Waals surface area contributed by atoms with Crippen LogP contribution in [0.4, 0.5) is 10.2 Å². The van der Waals surface area contributed by atoms with Gasteiger partial charge in [0.1, 0.15) is 11.6 Å². The summed E-state index contributed by atoms with van der Waals surface area (Å²) in [6, 6.07) is 10.1. The van der Waals surface area contributed by atoms with Crippen molar-refractivity contribution < 1.29 is 8.91 Å². The molecule has 0 spiro atoms. The highest BCUT2D eigenvalue weighted by molar-refractivity contribution is 5.66. The molecule has 0 saturated carbocycles. The van der Waals surface area contributed by atoms with Crippen LogP contribution < -0.4 is 4.90 Å². The highest BCUT2D eigenvalue weighted by atomic mass is 19.1. The van der Waals surface area contributed by atoms with Crippen LogP contribution in [0.5, 0.6) is 0 Å². The molecular formula is C18H17FN6O. The summed E-state index contributed by atoms with van der Waals surface area (Å²) in [7, 11) is 1.97. The van der Waals surface area contributed by atoms with Crippen molar-refractivity contribution in [3.05, 3.63) is 60.1 Å². The monoisotopic (exact) mass is 352 g/mol. The number of nitrogens with zero attached hydrogens (tertiary/aromatic N) is 6. The molecule has 0 amide bonds. The SMILES string of the molecule is Cc1nc(CCN(C)c2cc(-c3ccc(F)cc3)nc3ccnn23)no1. The standard InChI is InChI=1S/C18H17FN6O/c1-12-21-16(23-26-12)8-10-24(2)18-11-15(13-3-5-14(19)6-4-13)22-17-7-9-20-25(17)18/h3-7,9,11H,8,10H2,1-2H3. The normalized spacial score (nSPS) is 11.2. The van der Waals surface area contributed by atoms with Gasteiger partial charge in [-0.2, -0.15) is 14.6 Å². The first-order chi connectivity index (χ1) is 12.6. The number of rotatable bonds is 5. The van der Waals surface area contributed by atoms with Crippen LogP contribution in [0, 0.1) is 12.7 Å². The first kappa shape index (κ1) is 16.2. The van der Waals surface area contributed by atoms with Gasteiger partial charge in [-0.1, -0.05) is 5.16 Å². The van der Waals surface area contributed by atoms with Gasteiger partial charge in [0.2, 0.25) is 5.89 Å². The largest absolute Gasteiger partial charge is 0.359 e. The zero-order chi connectivity index (χ0) is 18.1. The Morgan fingerprint density at radius 1 is 1.15 bits per heavy atom. The summed E-state index contributed by atoms with van der Waals surface area (Å²) >= 11 is 0. The van der Waals surface area contributed by atoms with E-state index < -0.39 is 0 Å². The van der Waals surface area contributed by atoms with Gasteiger partial charge in [-0.15, -0.1) is 0 Å². The van der Waals surface area contributed by atoms with Crippen LogP contribution in [0.3, 0.4) is 0 Å². The molecule has 0 saturated heterocycles. The fraction of sp³-hybridized carbons (Fsp3) is 0.222. The van der Waals surface area contributed by atoms with Gasteiger partial charge in [-0.3, -0.25) is 0 Å². The van der Waals surface area contributed by atoms with E-state index in [0.29, 0.717) is 24.7 Å². The minimum Gasteiger partial charge on any atom is -0.359 e. The maximum Gasteiger partial charge on any atom is 0.223 e. The molecule has 132 valence electrons. The van der Waals surface area contributed by atoms with Crippen LogP contribution in [0.25, 0.3) is 16.9 Å². The molecule has 0 atom stereocenters. The van der Waals surface area contributed by atoms with E-state index in [2.05, 4.69) is 25.1 Å². The number of hydrogen-bond acceptors (Lipinski definition) is 6. The maximum absolute atomic E-state index is 13.2. The lowest BCUT2D eigenvalue weighted by atomic mass is 10.1. The molecule has 4 aromatic rings. The molecule has 3 heterocycles. The maximum atomic E-state index is 13.2. The molecule has 0 bridgehead atoms. The second-order valence-electron chi connectivity index (χ2n) is 6.01. The van der Waals surface area contributed by atoms with Gasteiger partial charge in [-0.05, 0) is 24.3 Å². The van der Waals surface area contributed by atoms with E-state index in [-0.39, 0.29) is 5.82 Å². The Morgan fingerprint density at radius 3 is 2.69 bits per heavy atom. The van der Waals surface area contributed by atoms with E-state index in [1.807, 2.05) is 19.2 Å². The highest BCUT2D eigenvalue weighted by Crippen LogP contribution is 2.24. The van der Waals surface area contributed by atoms with Crippen molar-refractivity contribution in [3.63, 3.8) is 0 Å². The first-order valence-electron chi connectivity index (χ1n) is 8.21. The number of halogens is 1. The molecule has 0 aliphatic carbocycles. The van der Waals surface area contributed by atoms with E-state index in [0.717, 1.165) is 22.7 Å². The molecule has 3 aromatic heterocycles. The summed E-state index contributed by atoms with van der Waals surface area (Å²) in [5.74, 6) is 1.82. The molecular weight excluding hydrogens is 335 g/mol. The van der Waals surface area contributed by atoms with E-state index in [4.69, 9.17) is 4.52 Å². The lowest BCUT2D eigenvalue weighted by molar-refractivity contribution is 0.387. The quantitative estimate of drug-likeness (QED) is 0.550. The Morgan fingerprint density at radius 2 is 1.96 bits per heavy atom. The van der Waals surface area contributed by atoms with Gasteiger partial charge in [0.25, 0.3) is 0 Å². The average Bonchev–Trinajstić information content (AvgIpc) is 3.28. The van der Waals surface area contributed by atoms with E-state index in [1.165, 1.54) is 12.1 Å². The van der Waals surface area contributed by atoms with Crippen LogP contribution >= 0.6 is 0 Å². The summed E-state index contributed by atoms with van der Waals surface area (Å²) in [4.78, 5) is 10.9. The van der Waals surface area contributed by atoms with Crippen molar-refractivity contribution in [1.82, 2.24) is 24.7 Å². The molecule has 1 aromatic carbocycles. The molecule has 0 radical (unpaired) electrons. The zero-order valence-electron chi connectivity index (χ0n) is 14.4. The van der Waals surface area contributed by atoms with Gasteiger partial charge in [0, 0.05) is 44.6 Å². The molecule has 26 heavy (non-hydrogen) atoms. The van der Waals surface area contributed by atoms with Gasteiger partial charge >= 0.3 is 0 Å². The summed E-state index contributed by atoms with van der Waals surface area (Å²) in [6.45, 7) is 2.45. The Bertz CT molecular complexity index is 1040. The highest BCUT2D eigenvalue weighted by Gasteiger charge is 2.13. The fourth-order valence-corrected chi connectivity index (χ4v) is 2.76. The fourth-order valence-electron chi connectivity index (χ4n) is 2.76. The van der Waals surface area contributed by atoms with Crippen LogP contribution in [0.1, 0.15) is 11.7 Å². The van der Waals surface area contributed by atoms with Crippen molar-refractivity contribution in [2.45, 2.75) is 13.3 Å². The molecule has 0 fully saturated rings. The number of aryl methyl sites for hydroxylation is 1. The van der Waals surface area contributed by atoms with Crippen LogP contribution in [0.15, 0.2) is 47.1 Å². The van der Waals surface area contributed by atoms with E-state index in [9.17, 15) is 4.39 Å². The van der Waals surface area contributed by atoms with Gasteiger partial charge in [0.05, 0.1) is 11.9 Å². The Kier molecular flexibility index (Phi) is 4.08. The second kappa shape index (κ2) is 6.55. The molecule has 0 aliphatic rings. The van der Waals surface area contributed by atoms with E-state index in [1.54, 1.807) is 29.8 Å². The number of hydrogen-bond donors (Lipinski definition) is 0. The smallest absolute Gasteiger partial charge is 0.223 e. The Hall–Kier alpha value is -3.29. The van der Waals surface area contributed by atoms with Crippen molar-refractivity contribution in [1.29, 1.82) is 0 Å². The zero-order valence-corrected chi connectivity index (χ0v) is 14.4.